The lowest BCUT2D eigenvalue weighted by Gasteiger charge is -2.15. The van der Waals surface area contributed by atoms with Gasteiger partial charge in [0.25, 0.3) is 0 Å². The van der Waals surface area contributed by atoms with Crippen LogP contribution in [0.5, 0.6) is 0 Å². The van der Waals surface area contributed by atoms with Crippen LogP contribution < -0.4 is 5.32 Å². The Morgan fingerprint density at radius 1 is 1.47 bits per heavy atom. The molecule has 1 saturated heterocycles. The summed E-state index contributed by atoms with van der Waals surface area (Å²) in [5.74, 6) is -0.543. The number of hydrogen-bond donors (Lipinski definition) is 2. The van der Waals surface area contributed by atoms with Crippen molar-refractivity contribution < 1.29 is 13.9 Å². The molecule has 1 heterocycles. The molecule has 2 atom stereocenters. The summed E-state index contributed by atoms with van der Waals surface area (Å²) in [6.45, 7) is 3.16. The highest BCUT2D eigenvalue weighted by molar-refractivity contribution is 5.21. The van der Waals surface area contributed by atoms with Gasteiger partial charge >= 0.3 is 0 Å². The quantitative estimate of drug-likeness (QED) is 0.852. The maximum atomic E-state index is 13.4. The molecule has 0 saturated carbocycles. The minimum atomic E-state index is -1.02. The molecule has 106 valence electrons. The highest BCUT2D eigenvalue weighted by atomic mass is 19.1. The van der Waals surface area contributed by atoms with Gasteiger partial charge in [0.1, 0.15) is 11.6 Å². The van der Waals surface area contributed by atoms with Crippen molar-refractivity contribution in [2.75, 3.05) is 33.2 Å². The highest BCUT2D eigenvalue weighted by Crippen LogP contribution is 2.18. The van der Waals surface area contributed by atoms with Crippen molar-refractivity contribution >= 4 is 0 Å². The standard InChI is InChI=1S/C14H20F2N2O/c1-18-5-4-10(9-18)7-17-8-14(19)12-6-11(15)2-3-13(12)16/h2-3,6,10,14,17,19H,4-5,7-9H2,1H3. The van der Waals surface area contributed by atoms with Crippen molar-refractivity contribution in [3.05, 3.63) is 35.4 Å². The summed E-state index contributed by atoms with van der Waals surface area (Å²) in [6.07, 6.45) is 0.114. The van der Waals surface area contributed by atoms with E-state index < -0.39 is 17.7 Å². The molecule has 0 aromatic heterocycles. The lowest BCUT2D eigenvalue weighted by atomic mass is 10.1. The van der Waals surface area contributed by atoms with E-state index in [1.165, 1.54) is 0 Å². The van der Waals surface area contributed by atoms with Crippen molar-refractivity contribution in [2.24, 2.45) is 5.92 Å². The van der Waals surface area contributed by atoms with Crippen LogP contribution in [0.15, 0.2) is 18.2 Å². The lowest BCUT2D eigenvalue weighted by molar-refractivity contribution is 0.167. The molecule has 0 spiro atoms. The van der Waals surface area contributed by atoms with E-state index in [1.807, 2.05) is 0 Å². The first-order valence-corrected chi connectivity index (χ1v) is 6.58. The first-order valence-electron chi connectivity index (χ1n) is 6.58. The Bertz CT molecular complexity index is 428. The van der Waals surface area contributed by atoms with Crippen LogP contribution in [0.25, 0.3) is 0 Å². The molecule has 0 bridgehead atoms. The van der Waals surface area contributed by atoms with Gasteiger partial charge in [-0.25, -0.2) is 8.78 Å². The van der Waals surface area contributed by atoms with Crippen LogP contribution in [0.2, 0.25) is 0 Å². The van der Waals surface area contributed by atoms with Gasteiger partial charge in [-0.05, 0) is 50.7 Å². The monoisotopic (exact) mass is 270 g/mol. The molecule has 2 unspecified atom stereocenters. The largest absolute Gasteiger partial charge is 0.387 e. The van der Waals surface area contributed by atoms with Crippen molar-refractivity contribution in [1.82, 2.24) is 10.2 Å². The Kier molecular flexibility index (Phi) is 4.85. The van der Waals surface area contributed by atoms with Gasteiger partial charge in [-0.3, -0.25) is 0 Å². The average molecular weight is 270 g/mol. The summed E-state index contributed by atoms with van der Waals surface area (Å²) in [5.41, 5.74) is 0.0102. The van der Waals surface area contributed by atoms with Crippen LogP contribution in [0.4, 0.5) is 8.78 Å². The molecule has 1 aromatic rings. The fourth-order valence-corrected chi connectivity index (χ4v) is 2.50. The molecule has 1 aliphatic rings. The number of hydrogen-bond acceptors (Lipinski definition) is 3. The van der Waals surface area contributed by atoms with Gasteiger partial charge in [0.05, 0.1) is 6.10 Å². The van der Waals surface area contributed by atoms with Crippen LogP contribution in [0.1, 0.15) is 18.1 Å². The third kappa shape index (κ3) is 3.96. The zero-order valence-corrected chi connectivity index (χ0v) is 11.1. The summed E-state index contributed by atoms with van der Waals surface area (Å²) in [6, 6.07) is 3.14. The smallest absolute Gasteiger partial charge is 0.129 e. The second-order valence-electron chi connectivity index (χ2n) is 5.26. The number of benzene rings is 1. The lowest BCUT2D eigenvalue weighted by Crippen LogP contribution is -2.29. The second-order valence-corrected chi connectivity index (χ2v) is 5.26. The Hall–Kier alpha value is -1.04. The summed E-state index contributed by atoms with van der Waals surface area (Å²) >= 11 is 0. The molecule has 1 aromatic carbocycles. The Morgan fingerprint density at radius 2 is 2.26 bits per heavy atom. The van der Waals surface area contributed by atoms with Crippen LogP contribution in [0.3, 0.4) is 0 Å². The maximum Gasteiger partial charge on any atom is 0.129 e. The van der Waals surface area contributed by atoms with Gasteiger partial charge in [0.2, 0.25) is 0 Å². The van der Waals surface area contributed by atoms with Gasteiger partial charge in [-0.15, -0.1) is 0 Å². The maximum absolute atomic E-state index is 13.4. The zero-order valence-electron chi connectivity index (χ0n) is 11.1. The van der Waals surface area contributed by atoms with Crippen LogP contribution in [0, 0.1) is 17.6 Å². The predicted octanol–water partition coefficient (Wildman–Crippen LogP) is 1.54. The fourth-order valence-electron chi connectivity index (χ4n) is 2.50. The summed E-state index contributed by atoms with van der Waals surface area (Å²) < 4.78 is 26.5. The Balaban J connectivity index is 1.80. The van der Waals surface area contributed by atoms with Gasteiger partial charge in [0, 0.05) is 18.7 Å². The molecular formula is C14H20F2N2O. The molecule has 2 N–H and O–H groups in total. The molecule has 2 rings (SSSR count). The number of likely N-dealkylation sites (tertiary alicyclic amines) is 1. The van der Waals surface area contributed by atoms with E-state index in [-0.39, 0.29) is 12.1 Å². The number of rotatable bonds is 5. The van der Waals surface area contributed by atoms with Crippen LogP contribution in [-0.2, 0) is 0 Å². The average Bonchev–Trinajstić information content (AvgIpc) is 2.78. The number of halogens is 2. The third-order valence-corrected chi connectivity index (χ3v) is 3.58. The Labute approximate surface area is 112 Å². The van der Waals surface area contributed by atoms with Gasteiger partial charge in [-0.1, -0.05) is 0 Å². The summed E-state index contributed by atoms with van der Waals surface area (Å²) in [7, 11) is 2.08. The molecule has 0 amide bonds. The number of nitrogens with one attached hydrogen (secondary N) is 1. The fraction of sp³-hybridized carbons (Fsp3) is 0.571. The molecule has 0 aliphatic carbocycles. The van der Waals surface area contributed by atoms with Crippen molar-refractivity contribution in [3.8, 4) is 0 Å². The van der Waals surface area contributed by atoms with E-state index >= 15 is 0 Å². The van der Waals surface area contributed by atoms with Crippen molar-refractivity contribution in [1.29, 1.82) is 0 Å². The highest BCUT2D eigenvalue weighted by Gasteiger charge is 2.20. The predicted molar refractivity (Wildman–Crippen MR) is 69.8 cm³/mol. The van der Waals surface area contributed by atoms with Crippen LogP contribution in [-0.4, -0.2) is 43.2 Å². The van der Waals surface area contributed by atoms with Crippen molar-refractivity contribution in [2.45, 2.75) is 12.5 Å². The minimum absolute atomic E-state index is 0.0102. The SMILES string of the molecule is CN1CCC(CNCC(O)c2cc(F)ccc2F)C1. The molecule has 3 nitrogen and oxygen atoms in total. The third-order valence-electron chi connectivity index (χ3n) is 3.58. The minimum Gasteiger partial charge on any atom is -0.387 e. The zero-order chi connectivity index (χ0) is 13.8. The molecule has 0 radical (unpaired) electrons. The normalized spacial score (nSPS) is 21.8. The number of aliphatic hydroxyl groups is 1. The molecular weight excluding hydrogens is 250 g/mol. The van der Waals surface area contributed by atoms with E-state index in [2.05, 4.69) is 17.3 Å². The molecule has 19 heavy (non-hydrogen) atoms. The second kappa shape index (κ2) is 6.41. The van der Waals surface area contributed by atoms with E-state index in [0.717, 1.165) is 44.3 Å². The number of aliphatic hydroxyl groups excluding tert-OH is 1. The van der Waals surface area contributed by atoms with E-state index in [4.69, 9.17) is 0 Å². The van der Waals surface area contributed by atoms with Crippen LogP contribution >= 0.6 is 0 Å². The van der Waals surface area contributed by atoms with Gasteiger partial charge in [-0.2, -0.15) is 0 Å². The Morgan fingerprint density at radius 3 is 2.95 bits per heavy atom. The summed E-state index contributed by atoms with van der Waals surface area (Å²) in [5, 5.41) is 13.0. The first kappa shape index (κ1) is 14.4. The van der Waals surface area contributed by atoms with E-state index in [9.17, 15) is 13.9 Å². The molecule has 1 aliphatic heterocycles. The van der Waals surface area contributed by atoms with Crippen molar-refractivity contribution in [3.63, 3.8) is 0 Å². The first-order chi connectivity index (χ1) is 9.06. The topological polar surface area (TPSA) is 35.5 Å². The molecule has 1 fully saturated rings. The van der Waals surface area contributed by atoms with E-state index in [1.54, 1.807) is 0 Å². The van der Waals surface area contributed by atoms with Gasteiger partial charge < -0.3 is 15.3 Å². The summed E-state index contributed by atoms with van der Waals surface area (Å²) in [4.78, 5) is 2.26. The van der Waals surface area contributed by atoms with E-state index in [0.29, 0.717) is 5.92 Å². The van der Waals surface area contributed by atoms with Gasteiger partial charge in [0.15, 0.2) is 0 Å². The molecule has 5 heteroatoms. The number of nitrogens with zero attached hydrogens (tertiary/aromatic N) is 1.